The van der Waals surface area contributed by atoms with Crippen molar-refractivity contribution in [3.63, 3.8) is 0 Å². The highest BCUT2D eigenvalue weighted by Gasteiger charge is 2.15. The number of ether oxygens (including phenoxy) is 2. The predicted octanol–water partition coefficient (Wildman–Crippen LogP) is 4.48. The number of hydrogen-bond donors (Lipinski definition) is 1. The van der Waals surface area contributed by atoms with Crippen molar-refractivity contribution < 1.29 is 14.3 Å². The summed E-state index contributed by atoms with van der Waals surface area (Å²) in [6.45, 7) is 5.63. The van der Waals surface area contributed by atoms with Crippen molar-refractivity contribution >= 4 is 35.3 Å². The molecule has 7 heteroatoms. The van der Waals surface area contributed by atoms with Crippen molar-refractivity contribution in [3.05, 3.63) is 70.7 Å². The minimum absolute atomic E-state index is 0.333. The van der Waals surface area contributed by atoms with Gasteiger partial charge < -0.3 is 9.47 Å². The number of hydrogen-bond acceptors (Lipinski definition) is 4. The lowest BCUT2D eigenvalue weighted by Gasteiger charge is -2.14. The second-order valence-electron chi connectivity index (χ2n) is 5.24. The van der Waals surface area contributed by atoms with Crippen LogP contribution in [0.1, 0.15) is 12.5 Å². The van der Waals surface area contributed by atoms with E-state index in [4.69, 9.17) is 32.7 Å². The highest BCUT2D eigenvalue weighted by Crippen LogP contribution is 2.28. The molecule has 0 aliphatic carbocycles. The smallest absolute Gasteiger partial charge is 0.280 e. The van der Waals surface area contributed by atoms with E-state index in [0.29, 0.717) is 22.4 Å². The molecule has 0 unspecified atom stereocenters. The van der Waals surface area contributed by atoms with Crippen LogP contribution in [0.5, 0.6) is 11.5 Å². The van der Waals surface area contributed by atoms with Crippen LogP contribution in [0.4, 0.5) is 0 Å². The summed E-state index contributed by atoms with van der Waals surface area (Å²) in [4.78, 5) is 12.0. The van der Waals surface area contributed by atoms with E-state index in [2.05, 4.69) is 17.1 Å². The first-order valence-electron chi connectivity index (χ1n) is 7.78. The van der Waals surface area contributed by atoms with Crippen LogP contribution in [0, 0.1) is 0 Å². The average molecular weight is 393 g/mol. The van der Waals surface area contributed by atoms with Gasteiger partial charge in [0.15, 0.2) is 6.10 Å². The molecule has 136 valence electrons. The molecule has 2 rings (SSSR count). The normalized spacial score (nSPS) is 11.8. The number of rotatable bonds is 8. The van der Waals surface area contributed by atoms with Gasteiger partial charge in [-0.15, -0.1) is 0 Å². The Kier molecular flexibility index (Phi) is 7.51. The van der Waals surface area contributed by atoms with Gasteiger partial charge in [-0.1, -0.05) is 35.9 Å². The Bertz CT molecular complexity index is 792. The molecule has 0 saturated heterocycles. The Morgan fingerprint density at radius 1 is 1.27 bits per heavy atom. The standard InChI is InChI=1S/C19H18Cl2N2O3/c1-3-10-25-16-7-4-14(5-8-16)12-22-23-19(24)13(2)26-18-9-6-15(20)11-17(18)21/h3-9,11-13H,1,10H2,2H3,(H,23,24)/t13-/m1/s1. The summed E-state index contributed by atoms with van der Waals surface area (Å²) in [5.74, 6) is 0.698. The molecule has 0 saturated carbocycles. The first-order valence-corrected chi connectivity index (χ1v) is 8.53. The summed E-state index contributed by atoms with van der Waals surface area (Å²) in [6.07, 6.45) is 2.42. The second kappa shape index (κ2) is 9.85. The Morgan fingerprint density at radius 3 is 2.65 bits per heavy atom. The molecule has 0 radical (unpaired) electrons. The first kappa shape index (κ1) is 19.8. The molecular formula is C19H18Cl2N2O3. The summed E-state index contributed by atoms with van der Waals surface area (Å²) in [5.41, 5.74) is 3.23. The lowest BCUT2D eigenvalue weighted by atomic mass is 10.2. The van der Waals surface area contributed by atoms with Crippen LogP contribution in [0.2, 0.25) is 10.0 Å². The van der Waals surface area contributed by atoms with Crippen molar-refractivity contribution in [1.29, 1.82) is 0 Å². The largest absolute Gasteiger partial charge is 0.490 e. The number of nitrogens with one attached hydrogen (secondary N) is 1. The first-order chi connectivity index (χ1) is 12.5. The maximum atomic E-state index is 12.0. The number of halogens is 2. The van der Waals surface area contributed by atoms with Gasteiger partial charge in [-0.3, -0.25) is 4.79 Å². The molecule has 0 aliphatic rings. The number of amides is 1. The van der Waals surface area contributed by atoms with E-state index < -0.39 is 12.0 Å². The Labute approximate surface area is 162 Å². The summed E-state index contributed by atoms with van der Waals surface area (Å²) in [7, 11) is 0. The molecule has 1 atom stereocenters. The third-order valence-corrected chi connectivity index (χ3v) is 3.73. The maximum absolute atomic E-state index is 12.0. The zero-order chi connectivity index (χ0) is 18.9. The van der Waals surface area contributed by atoms with E-state index in [1.165, 1.54) is 6.21 Å². The Hall–Kier alpha value is -2.50. The van der Waals surface area contributed by atoms with Gasteiger partial charge in [0.2, 0.25) is 0 Å². The van der Waals surface area contributed by atoms with Gasteiger partial charge in [-0.25, -0.2) is 5.43 Å². The fraction of sp³-hybridized carbons (Fsp3) is 0.158. The van der Waals surface area contributed by atoms with E-state index >= 15 is 0 Å². The number of carbonyl (C=O) groups excluding carboxylic acids is 1. The third-order valence-electron chi connectivity index (χ3n) is 3.20. The predicted molar refractivity (Wildman–Crippen MR) is 104 cm³/mol. The molecule has 0 heterocycles. The molecule has 0 bridgehead atoms. The fourth-order valence-corrected chi connectivity index (χ4v) is 2.33. The maximum Gasteiger partial charge on any atom is 0.280 e. The quantitative estimate of drug-likeness (QED) is 0.409. The number of nitrogens with zero attached hydrogens (tertiary/aromatic N) is 1. The monoisotopic (exact) mass is 392 g/mol. The van der Waals surface area contributed by atoms with E-state index in [9.17, 15) is 4.79 Å². The molecule has 0 aromatic heterocycles. The molecule has 1 N–H and O–H groups in total. The van der Waals surface area contributed by atoms with Crippen molar-refractivity contribution in [2.75, 3.05) is 6.61 Å². The molecule has 2 aromatic rings. The highest BCUT2D eigenvalue weighted by atomic mass is 35.5. The molecule has 1 amide bonds. The Morgan fingerprint density at radius 2 is 2.00 bits per heavy atom. The third kappa shape index (κ3) is 6.10. The van der Waals surface area contributed by atoms with Crippen LogP contribution < -0.4 is 14.9 Å². The summed E-state index contributed by atoms with van der Waals surface area (Å²) >= 11 is 11.8. The van der Waals surface area contributed by atoms with E-state index in [0.717, 1.165) is 11.3 Å². The lowest BCUT2D eigenvalue weighted by molar-refractivity contribution is -0.127. The number of hydrazone groups is 1. The van der Waals surface area contributed by atoms with Gasteiger partial charge in [0.05, 0.1) is 11.2 Å². The molecule has 0 spiro atoms. The van der Waals surface area contributed by atoms with Crippen molar-refractivity contribution in [2.45, 2.75) is 13.0 Å². The SMILES string of the molecule is C=CCOc1ccc(C=NNC(=O)[C@@H](C)Oc2ccc(Cl)cc2Cl)cc1. The van der Waals surface area contributed by atoms with Crippen LogP contribution in [0.15, 0.2) is 60.2 Å². The van der Waals surface area contributed by atoms with Crippen LogP contribution in [0.25, 0.3) is 0 Å². The molecule has 0 fully saturated rings. The lowest BCUT2D eigenvalue weighted by Crippen LogP contribution is -2.33. The zero-order valence-corrected chi connectivity index (χ0v) is 15.6. The highest BCUT2D eigenvalue weighted by molar-refractivity contribution is 6.35. The van der Waals surface area contributed by atoms with E-state index in [1.807, 2.05) is 12.1 Å². The number of benzene rings is 2. The summed E-state index contributed by atoms with van der Waals surface area (Å²) in [6, 6.07) is 12.0. The second-order valence-corrected chi connectivity index (χ2v) is 6.08. The molecule has 2 aromatic carbocycles. The van der Waals surface area contributed by atoms with E-state index in [1.54, 1.807) is 43.3 Å². The van der Waals surface area contributed by atoms with Crippen molar-refractivity contribution in [3.8, 4) is 11.5 Å². The van der Waals surface area contributed by atoms with Crippen LogP contribution in [-0.2, 0) is 4.79 Å². The Balaban J connectivity index is 1.86. The molecule has 5 nitrogen and oxygen atoms in total. The van der Waals surface area contributed by atoms with Gasteiger partial charge >= 0.3 is 0 Å². The van der Waals surface area contributed by atoms with Crippen molar-refractivity contribution in [2.24, 2.45) is 5.10 Å². The van der Waals surface area contributed by atoms with E-state index in [-0.39, 0.29) is 0 Å². The van der Waals surface area contributed by atoms with Gasteiger partial charge in [0.1, 0.15) is 18.1 Å². The average Bonchev–Trinajstić information content (AvgIpc) is 2.63. The van der Waals surface area contributed by atoms with Gasteiger partial charge in [-0.05, 0) is 55.0 Å². The van der Waals surface area contributed by atoms with Gasteiger partial charge in [0.25, 0.3) is 5.91 Å². The van der Waals surface area contributed by atoms with Gasteiger partial charge in [0, 0.05) is 5.02 Å². The minimum Gasteiger partial charge on any atom is -0.490 e. The number of carbonyl (C=O) groups is 1. The molecular weight excluding hydrogens is 375 g/mol. The minimum atomic E-state index is -0.777. The van der Waals surface area contributed by atoms with Gasteiger partial charge in [-0.2, -0.15) is 5.10 Å². The molecule has 26 heavy (non-hydrogen) atoms. The fourth-order valence-electron chi connectivity index (χ4n) is 1.88. The van der Waals surface area contributed by atoms with Crippen LogP contribution in [-0.4, -0.2) is 24.8 Å². The summed E-state index contributed by atoms with van der Waals surface area (Å²) in [5, 5.41) is 4.74. The molecule has 0 aliphatic heterocycles. The summed E-state index contributed by atoms with van der Waals surface area (Å²) < 4.78 is 10.9. The van der Waals surface area contributed by atoms with Crippen LogP contribution in [0.3, 0.4) is 0 Å². The van der Waals surface area contributed by atoms with Crippen LogP contribution >= 0.6 is 23.2 Å². The van der Waals surface area contributed by atoms with Crippen molar-refractivity contribution in [1.82, 2.24) is 5.43 Å². The zero-order valence-electron chi connectivity index (χ0n) is 14.1. The topological polar surface area (TPSA) is 59.9 Å².